The van der Waals surface area contributed by atoms with Gasteiger partial charge in [0.15, 0.2) is 0 Å². The summed E-state index contributed by atoms with van der Waals surface area (Å²) in [6, 6.07) is 14.9. The molecular formula is C19H20N2O3. The number of nitrogens with zero attached hydrogens (tertiary/aromatic N) is 1. The number of anilines is 1. The van der Waals surface area contributed by atoms with Crippen LogP contribution in [0.15, 0.2) is 48.5 Å². The zero-order chi connectivity index (χ0) is 16.9. The molecule has 0 aliphatic carbocycles. The predicted octanol–water partition coefficient (Wildman–Crippen LogP) is 2.40. The van der Waals surface area contributed by atoms with Crippen molar-refractivity contribution in [2.75, 3.05) is 24.6 Å². The fourth-order valence-electron chi connectivity index (χ4n) is 2.88. The first-order valence-electron chi connectivity index (χ1n) is 8.09. The molecule has 1 aliphatic rings. The summed E-state index contributed by atoms with van der Waals surface area (Å²) in [5.74, 6) is 0.110. The largest absolute Gasteiger partial charge is 0.493 e. The number of nitrogens with one attached hydrogen (secondary N) is 1. The van der Waals surface area contributed by atoms with Gasteiger partial charge in [-0.2, -0.15) is 0 Å². The molecular weight excluding hydrogens is 304 g/mol. The molecule has 2 amide bonds. The highest BCUT2D eigenvalue weighted by atomic mass is 16.5. The molecule has 2 aromatic rings. The van der Waals surface area contributed by atoms with Gasteiger partial charge in [0.05, 0.1) is 18.7 Å². The fourth-order valence-corrected chi connectivity index (χ4v) is 2.88. The topological polar surface area (TPSA) is 58.6 Å². The normalized spacial score (nSPS) is 12.6. The summed E-state index contributed by atoms with van der Waals surface area (Å²) in [5.41, 5.74) is 2.54. The van der Waals surface area contributed by atoms with Gasteiger partial charge in [0, 0.05) is 12.2 Å². The second-order valence-electron chi connectivity index (χ2n) is 5.54. The molecule has 0 fully saturated rings. The Morgan fingerprint density at radius 1 is 1.12 bits per heavy atom. The Kier molecular flexibility index (Phi) is 4.79. The Morgan fingerprint density at radius 3 is 2.71 bits per heavy atom. The maximum atomic E-state index is 12.4. The third-order valence-electron chi connectivity index (χ3n) is 4.02. The van der Waals surface area contributed by atoms with Crippen molar-refractivity contribution in [1.29, 1.82) is 0 Å². The number of hydrogen-bond donors (Lipinski definition) is 1. The predicted molar refractivity (Wildman–Crippen MR) is 92.4 cm³/mol. The summed E-state index contributed by atoms with van der Waals surface area (Å²) < 4.78 is 5.46. The first-order chi connectivity index (χ1) is 11.7. The Balaban J connectivity index is 1.64. The lowest BCUT2D eigenvalue weighted by atomic mass is 10.2. The molecule has 3 rings (SSSR count). The van der Waals surface area contributed by atoms with Gasteiger partial charge in [-0.25, -0.2) is 0 Å². The van der Waals surface area contributed by atoms with Crippen LogP contribution >= 0.6 is 0 Å². The molecule has 1 aliphatic heterocycles. The van der Waals surface area contributed by atoms with E-state index >= 15 is 0 Å². The quantitative estimate of drug-likeness (QED) is 0.919. The second kappa shape index (κ2) is 7.17. The molecule has 0 unspecified atom stereocenters. The van der Waals surface area contributed by atoms with E-state index in [1.807, 2.05) is 37.3 Å². The lowest BCUT2D eigenvalue weighted by Crippen LogP contribution is -2.39. The minimum Gasteiger partial charge on any atom is -0.493 e. The summed E-state index contributed by atoms with van der Waals surface area (Å²) in [6.45, 7) is 2.97. The molecule has 5 heteroatoms. The molecule has 0 spiro atoms. The third-order valence-corrected chi connectivity index (χ3v) is 4.02. The molecule has 2 aromatic carbocycles. The van der Waals surface area contributed by atoms with E-state index in [-0.39, 0.29) is 18.4 Å². The van der Waals surface area contributed by atoms with Crippen molar-refractivity contribution >= 4 is 17.5 Å². The van der Waals surface area contributed by atoms with Gasteiger partial charge < -0.3 is 15.0 Å². The van der Waals surface area contributed by atoms with E-state index in [0.29, 0.717) is 24.5 Å². The molecule has 0 saturated carbocycles. The number of carbonyl (C=O) groups is 2. The first-order valence-corrected chi connectivity index (χ1v) is 8.09. The number of benzene rings is 2. The van der Waals surface area contributed by atoms with E-state index in [2.05, 4.69) is 5.32 Å². The van der Waals surface area contributed by atoms with Gasteiger partial charge in [-0.05, 0) is 37.1 Å². The number of carbonyl (C=O) groups excluding carboxylic acids is 2. The molecule has 24 heavy (non-hydrogen) atoms. The first kappa shape index (κ1) is 16.1. The van der Waals surface area contributed by atoms with Crippen molar-refractivity contribution in [3.8, 4) is 5.75 Å². The van der Waals surface area contributed by atoms with Gasteiger partial charge in [-0.15, -0.1) is 0 Å². The third kappa shape index (κ3) is 3.25. The monoisotopic (exact) mass is 324 g/mol. The van der Waals surface area contributed by atoms with Crippen LogP contribution in [0.4, 0.5) is 5.69 Å². The molecule has 1 heterocycles. The van der Waals surface area contributed by atoms with Gasteiger partial charge in [-0.1, -0.05) is 30.3 Å². The van der Waals surface area contributed by atoms with E-state index in [4.69, 9.17) is 4.74 Å². The standard InChI is InChI=1S/C19H20N2O3/c1-2-24-17-10-6-4-8-15(17)19(23)20-13-18(22)21-12-11-14-7-3-5-9-16(14)21/h3-10H,2,11-13H2,1H3,(H,20,23). The van der Waals surface area contributed by atoms with Crippen molar-refractivity contribution < 1.29 is 14.3 Å². The molecule has 0 saturated heterocycles. The average molecular weight is 324 g/mol. The van der Waals surface area contributed by atoms with Gasteiger partial charge in [0.1, 0.15) is 5.75 Å². The second-order valence-corrected chi connectivity index (χ2v) is 5.54. The van der Waals surface area contributed by atoms with Crippen LogP contribution in [-0.4, -0.2) is 31.5 Å². The lowest BCUT2D eigenvalue weighted by molar-refractivity contribution is -0.117. The highest BCUT2D eigenvalue weighted by Gasteiger charge is 2.24. The van der Waals surface area contributed by atoms with Crippen LogP contribution in [-0.2, 0) is 11.2 Å². The molecule has 1 N–H and O–H groups in total. The number of rotatable bonds is 5. The van der Waals surface area contributed by atoms with Crippen molar-refractivity contribution in [3.63, 3.8) is 0 Å². The maximum absolute atomic E-state index is 12.4. The molecule has 124 valence electrons. The minimum absolute atomic E-state index is 0.0341. The zero-order valence-corrected chi connectivity index (χ0v) is 13.6. The summed E-state index contributed by atoms with van der Waals surface area (Å²) in [7, 11) is 0. The number of amides is 2. The maximum Gasteiger partial charge on any atom is 0.255 e. The summed E-state index contributed by atoms with van der Waals surface area (Å²) in [6.07, 6.45) is 0.850. The summed E-state index contributed by atoms with van der Waals surface area (Å²) >= 11 is 0. The van der Waals surface area contributed by atoms with Crippen molar-refractivity contribution in [3.05, 3.63) is 59.7 Å². The van der Waals surface area contributed by atoms with E-state index in [9.17, 15) is 9.59 Å². The number of ether oxygens (including phenoxy) is 1. The molecule has 0 atom stereocenters. The minimum atomic E-state index is -0.306. The van der Waals surface area contributed by atoms with Crippen LogP contribution in [0.1, 0.15) is 22.8 Å². The lowest BCUT2D eigenvalue weighted by Gasteiger charge is -2.18. The molecule has 0 radical (unpaired) electrons. The highest BCUT2D eigenvalue weighted by Crippen LogP contribution is 2.27. The van der Waals surface area contributed by atoms with Crippen LogP contribution in [0, 0.1) is 0 Å². The Bertz CT molecular complexity index is 758. The average Bonchev–Trinajstić information content (AvgIpc) is 3.04. The van der Waals surface area contributed by atoms with E-state index in [1.54, 1.807) is 23.1 Å². The van der Waals surface area contributed by atoms with Crippen molar-refractivity contribution in [2.45, 2.75) is 13.3 Å². The molecule has 0 bridgehead atoms. The van der Waals surface area contributed by atoms with Crippen LogP contribution in [0.3, 0.4) is 0 Å². The van der Waals surface area contributed by atoms with E-state index in [0.717, 1.165) is 12.1 Å². The molecule has 5 nitrogen and oxygen atoms in total. The van der Waals surface area contributed by atoms with Gasteiger partial charge in [0.25, 0.3) is 5.91 Å². The van der Waals surface area contributed by atoms with Crippen LogP contribution in [0.5, 0.6) is 5.75 Å². The van der Waals surface area contributed by atoms with Crippen LogP contribution in [0.25, 0.3) is 0 Å². The molecule has 0 aromatic heterocycles. The highest BCUT2D eigenvalue weighted by molar-refractivity contribution is 6.02. The van der Waals surface area contributed by atoms with E-state index in [1.165, 1.54) is 5.56 Å². The van der Waals surface area contributed by atoms with E-state index < -0.39 is 0 Å². The fraction of sp³-hybridized carbons (Fsp3) is 0.263. The Morgan fingerprint density at radius 2 is 1.88 bits per heavy atom. The van der Waals surface area contributed by atoms with Gasteiger partial charge in [-0.3, -0.25) is 9.59 Å². The van der Waals surface area contributed by atoms with Gasteiger partial charge >= 0.3 is 0 Å². The van der Waals surface area contributed by atoms with Crippen molar-refractivity contribution in [1.82, 2.24) is 5.32 Å². The van der Waals surface area contributed by atoms with Gasteiger partial charge in [0.2, 0.25) is 5.91 Å². The number of para-hydroxylation sites is 2. The summed E-state index contributed by atoms with van der Waals surface area (Å²) in [5, 5.41) is 2.70. The van der Waals surface area contributed by atoms with Crippen LogP contribution in [0.2, 0.25) is 0 Å². The summed E-state index contributed by atoms with van der Waals surface area (Å²) in [4.78, 5) is 26.5. The SMILES string of the molecule is CCOc1ccccc1C(=O)NCC(=O)N1CCc2ccccc21. The smallest absolute Gasteiger partial charge is 0.255 e. The van der Waals surface area contributed by atoms with Crippen molar-refractivity contribution in [2.24, 2.45) is 0 Å². The van der Waals surface area contributed by atoms with Crippen LogP contribution < -0.4 is 15.0 Å². The number of hydrogen-bond acceptors (Lipinski definition) is 3. The Labute approximate surface area is 141 Å². The zero-order valence-electron chi connectivity index (χ0n) is 13.6. The number of fused-ring (bicyclic) bond motifs is 1. The Hall–Kier alpha value is -2.82.